The van der Waals surface area contributed by atoms with Crippen molar-refractivity contribution in [2.45, 2.75) is 77.4 Å². The SMILES string of the molecule is CCCCC(c1cccc2[nH]c(=O)c(-c3ccn[nH]3)cc12)N1C(C)CCCC1C. The molecule has 2 aromatic heterocycles. The normalized spacial score (nSPS) is 21.5. The van der Waals surface area contributed by atoms with Crippen LogP contribution in [0.2, 0.25) is 0 Å². The standard InChI is InChI=1S/C24H32N4O/c1-4-5-12-23(28-16(2)8-6-9-17(28)3)18-10-7-11-21-19(18)15-20(24(29)26-21)22-13-14-25-27-22/h7,10-11,13-17,23H,4-6,8-9,12H2,1-3H3,(H,25,27)(H,26,29). The fourth-order valence-corrected chi connectivity index (χ4v) is 5.07. The minimum absolute atomic E-state index is 0.0799. The lowest BCUT2D eigenvalue weighted by Crippen LogP contribution is -2.46. The van der Waals surface area contributed by atoms with Crippen LogP contribution in [0.1, 0.15) is 70.9 Å². The summed E-state index contributed by atoms with van der Waals surface area (Å²) in [6.07, 6.45) is 9.05. The van der Waals surface area contributed by atoms with Gasteiger partial charge in [0, 0.05) is 35.2 Å². The molecular weight excluding hydrogens is 360 g/mol. The van der Waals surface area contributed by atoms with Crippen molar-refractivity contribution in [1.29, 1.82) is 0 Å². The quantitative estimate of drug-likeness (QED) is 0.589. The molecule has 5 nitrogen and oxygen atoms in total. The summed E-state index contributed by atoms with van der Waals surface area (Å²) >= 11 is 0. The highest BCUT2D eigenvalue weighted by Crippen LogP contribution is 2.38. The highest BCUT2D eigenvalue weighted by Gasteiger charge is 2.32. The molecule has 0 radical (unpaired) electrons. The molecule has 1 aliphatic heterocycles. The second-order valence-corrected chi connectivity index (χ2v) is 8.53. The molecule has 1 aromatic carbocycles. The van der Waals surface area contributed by atoms with Gasteiger partial charge in [-0.05, 0) is 56.9 Å². The van der Waals surface area contributed by atoms with Crippen LogP contribution in [0, 0.1) is 0 Å². The number of fused-ring (bicyclic) bond motifs is 1. The number of hydrogen-bond acceptors (Lipinski definition) is 3. The summed E-state index contributed by atoms with van der Waals surface area (Å²) in [5, 5.41) is 8.11. The zero-order valence-corrected chi connectivity index (χ0v) is 17.7. The summed E-state index contributed by atoms with van der Waals surface area (Å²) in [6.45, 7) is 7.01. The predicted molar refractivity (Wildman–Crippen MR) is 119 cm³/mol. The van der Waals surface area contributed by atoms with E-state index in [0.717, 1.165) is 23.0 Å². The molecule has 1 saturated heterocycles. The van der Waals surface area contributed by atoms with Gasteiger partial charge in [-0.25, -0.2) is 0 Å². The number of rotatable bonds is 6. The molecule has 154 valence electrons. The van der Waals surface area contributed by atoms with Crippen molar-refractivity contribution < 1.29 is 0 Å². The molecule has 0 spiro atoms. The Morgan fingerprint density at radius 2 is 2.00 bits per heavy atom. The average Bonchev–Trinajstić information content (AvgIpc) is 3.24. The van der Waals surface area contributed by atoms with E-state index >= 15 is 0 Å². The number of unbranched alkanes of at least 4 members (excludes halogenated alkanes) is 1. The zero-order valence-electron chi connectivity index (χ0n) is 17.7. The lowest BCUT2D eigenvalue weighted by Gasteiger charge is -2.45. The number of H-pyrrole nitrogens is 2. The fraction of sp³-hybridized carbons (Fsp3) is 0.500. The van der Waals surface area contributed by atoms with Gasteiger partial charge in [-0.1, -0.05) is 38.3 Å². The third kappa shape index (κ3) is 3.88. The first kappa shape index (κ1) is 19.9. The van der Waals surface area contributed by atoms with Crippen molar-refractivity contribution in [3.63, 3.8) is 0 Å². The highest BCUT2D eigenvalue weighted by atomic mass is 16.1. The van der Waals surface area contributed by atoms with Gasteiger partial charge in [0.05, 0.1) is 11.3 Å². The molecule has 4 rings (SSSR count). The Hall–Kier alpha value is -2.40. The molecule has 0 amide bonds. The van der Waals surface area contributed by atoms with Crippen molar-refractivity contribution in [2.75, 3.05) is 0 Å². The maximum absolute atomic E-state index is 12.7. The smallest absolute Gasteiger partial charge is 0.257 e. The van der Waals surface area contributed by atoms with Crippen molar-refractivity contribution in [1.82, 2.24) is 20.1 Å². The fourth-order valence-electron chi connectivity index (χ4n) is 5.07. The number of benzene rings is 1. The minimum Gasteiger partial charge on any atom is -0.321 e. The van der Waals surface area contributed by atoms with Gasteiger partial charge in [0.2, 0.25) is 0 Å². The molecule has 0 saturated carbocycles. The largest absolute Gasteiger partial charge is 0.321 e. The number of aromatic amines is 2. The molecule has 2 N–H and O–H groups in total. The molecule has 29 heavy (non-hydrogen) atoms. The lowest BCUT2D eigenvalue weighted by molar-refractivity contribution is 0.0496. The Labute approximate surface area is 172 Å². The second kappa shape index (κ2) is 8.54. The number of aromatic nitrogens is 3. The Morgan fingerprint density at radius 1 is 1.21 bits per heavy atom. The Balaban J connectivity index is 1.86. The number of likely N-dealkylation sites (tertiary alicyclic amines) is 1. The molecule has 5 heteroatoms. The number of hydrogen-bond donors (Lipinski definition) is 2. The van der Waals surface area contributed by atoms with Crippen LogP contribution in [0.5, 0.6) is 0 Å². The van der Waals surface area contributed by atoms with Crippen molar-refractivity contribution in [3.05, 3.63) is 52.4 Å². The summed E-state index contributed by atoms with van der Waals surface area (Å²) in [7, 11) is 0. The van der Waals surface area contributed by atoms with Gasteiger partial charge in [-0.2, -0.15) is 5.10 Å². The van der Waals surface area contributed by atoms with E-state index in [1.54, 1.807) is 6.20 Å². The molecule has 0 aliphatic carbocycles. The van der Waals surface area contributed by atoms with E-state index in [2.05, 4.69) is 59.1 Å². The van der Waals surface area contributed by atoms with Crippen LogP contribution < -0.4 is 5.56 Å². The first-order valence-corrected chi connectivity index (χ1v) is 11.0. The van der Waals surface area contributed by atoms with Gasteiger partial charge < -0.3 is 4.98 Å². The second-order valence-electron chi connectivity index (χ2n) is 8.53. The van der Waals surface area contributed by atoms with E-state index in [1.165, 1.54) is 37.7 Å². The van der Waals surface area contributed by atoms with E-state index in [-0.39, 0.29) is 5.56 Å². The van der Waals surface area contributed by atoms with E-state index < -0.39 is 0 Å². The first-order chi connectivity index (χ1) is 14.1. The minimum atomic E-state index is -0.0799. The lowest BCUT2D eigenvalue weighted by atomic mass is 9.88. The molecule has 3 aromatic rings. The van der Waals surface area contributed by atoms with Crippen LogP contribution in [0.25, 0.3) is 22.2 Å². The van der Waals surface area contributed by atoms with E-state index in [4.69, 9.17) is 0 Å². The molecule has 3 heterocycles. The summed E-state index contributed by atoms with van der Waals surface area (Å²) in [6, 6.07) is 11.8. The number of pyridine rings is 1. The molecule has 3 atom stereocenters. The maximum atomic E-state index is 12.7. The van der Waals surface area contributed by atoms with Crippen molar-refractivity contribution in [3.8, 4) is 11.3 Å². The third-order valence-corrected chi connectivity index (χ3v) is 6.52. The van der Waals surface area contributed by atoms with Gasteiger partial charge in [0.1, 0.15) is 0 Å². The van der Waals surface area contributed by atoms with Crippen LogP contribution in [0.3, 0.4) is 0 Å². The van der Waals surface area contributed by atoms with Gasteiger partial charge in [0.25, 0.3) is 5.56 Å². The number of nitrogens with zero attached hydrogens (tertiary/aromatic N) is 2. The molecule has 3 unspecified atom stereocenters. The Bertz CT molecular complexity index is 997. The Morgan fingerprint density at radius 3 is 2.69 bits per heavy atom. The summed E-state index contributed by atoms with van der Waals surface area (Å²) < 4.78 is 0. The molecule has 1 aliphatic rings. The topological polar surface area (TPSA) is 64.8 Å². The summed E-state index contributed by atoms with van der Waals surface area (Å²) in [5.41, 5.74) is 3.57. The molecular formula is C24H32N4O. The van der Waals surface area contributed by atoms with Crippen LogP contribution in [-0.2, 0) is 0 Å². The van der Waals surface area contributed by atoms with Gasteiger partial charge in [0.15, 0.2) is 0 Å². The zero-order chi connectivity index (χ0) is 20.4. The van der Waals surface area contributed by atoms with Gasteiger partial charge in [-0.15, -0.1) is 0 Å². The Kier molecular flexibility index (Phi) is 5.86. The summed E-state index contributed by atoms with van der Waals surface area (Å²) in [5.74, 6) is 0. The third-order valence-electron chi connectivity index (χ3n) is 6.52. The van der Waals surface area contributed by atoms with Crippen LogP contribution >= 0.6 is 0 Å². The molecule has 0 bridgehead atoms. The van der Waals surface area contributed by atoms with E-state index in [1.807, 2.05) is 12.1 Å². The summed E-state index contributed by atoms with van der Waals surface area (Å²) in [4.78, 5) is 18.5. The predicted octanol–water partition coefficient (Wildman–Crippen LogP) is 5.41. The van der Waals surface area contributed by atoms with Crippen molar-refractivity contribution >= 4 is 10.9 Å². The van der Waals surface area contributed by atoms with Gasteiger partial charge >= 0.3 is 0 Å². The maximum Gasteiger partial charge on any atom is 0.257 e. The average molecular weight is 393 g/mol. The molecule has 1 fully saturated rings. The van der Waals surface area contributed by atoms with E-state index in [9.17, 15) is 4.79 Å². The van der Waals surface area contributed by atoms with Crippen LogP contribution in [0.15, 0.2) is 41.3 Å². The highest BCUT2D eigenvalue weighted by molar-refractivity contribution is 5.86. The van der Waals surface area contributed by atoms with Crippen LogP contribution in [0.4, 0.5) is 0 Å². The van der Waals surface area contributed by atoms with Gasteiger partial charge in [-0.3, -0.25) is 14.8 Å². The van der Waals surface area contributed by atoms with E-state index in [0.29, 0.717) is 23.7 Å². The van der Waals surface area contributed by atoms with Crippen molar-refractivity contribution in [2.24, 2.45) is 0 Å². The first-order valence-electron chi connectivity index (χ1n) is 11.0. The monoisotopic (exact) mass is 392 g/mol. The van der Waals surface area contributed by atoms with Crippen LogP contribution in [-0.4, -0.2) is 32.2 Å². The number of piperidine rings is 1. The number of nitrogens with one attached hydrogen (secondary N) is 2.